The molecular weight excluding hydrogens is 318 g/mol. The Bertz CT molecular complexity index is 962. The third kappa shape index (κ3) is 3.81. The topological polar surface area (TPSA) is 90.8 Å². The predicted molar refractivity (Wildman–Crippen MR) is 96.4 cm³/mol. The number of phenolic OH excluding ortho intramolecular Hbond substituents is 1. The summed E-state index contributed by atoms with van der Waals surface area (Å²) in [6.45, 7) is 0. The molecule has 3 aromatic rings. The first-order chi connectivity index (χ1) is 12.1. The van der Waals surface area contributed by atoms with Gasteiger partial charge in [-0.2, -0.15) is 5.10 Å². The fourth-order valence-electron chi connectivity index (χ4n) is 2.32. The van der Waals surface area contributed by atoms with Gasteiger partial charge in [-0.1, -0.05) is 48.5 Å². The van der Waals surface area contributed by atoms with Gasteiger partial charge in [-0.25, -0.2) is 5.43 Å². The lowest BCUT2D eigenvalue weighted by Crippen LogP contribution is -2.32. The number of hydrazone groups is 1. The lowest BCUT2D eigenvalue weighted by molar-refractivity contribution is -0.136. The summed E-state index contributed by atoms with van der Waals surface area (Å²) >= 11 is 0. The quantitative estimate of drug-likeness (QED) is 0.391. The minimum atomic E-state index is -0.903. The molecular formula is C19H15N3O3. The van der Waals surface area contributed by atoms with E-state index >= 15 is 0 Å². The molecule has 0 unspecified atom stereocenters. The number of nitrogens with zero attached hydrogens (tertiary/aromatic N) is 1. The van der Waals surface area contributed by atoms with E-state index in [-0.39, 0.29) is 5.75 Å². The van der Waals surface area contributed by atoms with Crippen LogP contribution in [0.1, 0.15) is 5.56 Å². The molecule has 0 bridgehead atoms. The number of fused-ring (bicyclic) bond motifs is 1. The molecule has 0 saturated heterocycles. The summed E-state index contributed by atoms with van der Waals surface area (Å²) < 4.78 is 0. The number of carbonyl (C=O) groups excluding carboxylic acids is 2. The highest BCUT2D eigenvalue weighted by atomic mass is 16.3. The summed E-state index contributed by atoms with van der Waals surface area (Å²) in [6, 6.07) is 19.5. The summed E-state index contributed by atoms with van der Waals surface area (Å²) in [4.78, 5) is 23.9. The van der Waals surface area contributed by atoms with Gasteiger partial charge in [0.1, 0.15) is 5.75 Å². The summed E-state index contributed by atoms with van der Waals surface area (Å²) in [5.41, 5.74) is 3.11. The number of hydrogen-bond donors (Lipinski definition) is 3. The third-order valence-electron chi connectivity index (χ3n) is 3.55. The fraction of sp³-hybridized carbons (Fsp3) is 0. The zero-order valence-corrected chi connectivity index (χ0v) is 13.1. The van der Waals surface area contributed by atoms with Crippen LogP contribution in [0.4, 0.5) is 5.69 Å². The second kappa shape index (κ2) is 7.27. The largest absolute Gasteiger partial charge is 0.507 e. The van der Waals surface area contributed by atoms with Crippen molar-refractivity contribution in [1.82, 2.24) is 5.43 Å². The minimum absolute atomic E-state index is 0.0284. The van der Waals surface area contributed by atoms with Gasteiger partial charge >= 0.3 is 11.8 Å². The van der Waals surface area contributed by atoms with Crippen LogP contribution in [0.15, 0.2) is 71.8 Å². The maximum absolute atomic E-state index is 12.0. The summed E-state index contributed by atoms with van der Waals surface area (Å²) in [5.74, 6) is -1.70. The van der Waals surface area contributed by atoms with Gasteiger partial charge < -0.3 is 10.4 Å². The lowest BCUT2D eigenvalue weighted by Gasteiger charge is -2.07. The second-order valence-electron chi connectivity index (χ2n) is 5.24. The highest BCUT2D eigenvalue weighted by Gasteiger charge is 2.14. The van der Waals surface area contributed by atoms with Gasteiger partial charge in [0.2, 0.25) is 0 Å². The van der Waals surface area contributed by atoms with Crippen LogP contribution in [-0.2, 0) is 9.59 Å². The van der Waals surface area contributed by atoms with Crippen LogP contribution in [-0.4, -0.2) is 23.1 Å². The molecule has 0 aromatic heterocycles. The molecule has 0 aliphatic rings. The lowest BCUT2D eigenvalue weighted by atomic mass is 10.1. The van der Waals surface area contributed by atoms with Crippen LogP contribution in [0.2, 0.25) is 0 Å². The molecule has 3 N–H and O–H groups in total. The number of anilines is 1. The molecule has 25 heavy (non-hydrogen) atoms. The Morgan fingerprint density at radius 1 is 0.880 bits per heavy atom. The summed E-state index contributed by atoms with van der Waals surface area (Å²) in [7, 11) is 0. The van der Waals surface area contributed by atoms with Crippen LogP contribution >= 0.6 is 0 Å². The van der Waals surface area contributed by atoms with Crippen LogP contribution in [0.25, 0.3) is 10.8 Å². The Balaban J connectivity index is 1.67. The van der Waals surface area contributed by atoms with Crippen LogP contribution in [0.3, 0.4) is 0 Å². The maximum Gasteiger partial charge on any atom is 0.329 e. The molecule has 124 valence electrons. The Morgan fingerprint density at radius 3 is 2.44 bits per heavy atom. The first-order valence-corrected chi connectivity index (χ1v) is 7.55. The number of nitrogens with one attached hydrogen (secondary N) is 2. The van der Waals surface area contributed by atoms with E-state index in [0.29, 0.717) is 11.3 Å². The van der Waals surface area contributed by atoms with Crippen molar-refractivity contribution in [2.75, 3.05) is 5.32 Å². The van der Waals surface area contributed by atoms with Gasteiger partial charge in [0, 0.05) is 16.6 Å². The highest BCUT2D eigenvalue weighted by Crippen LogP contribution is 2.22. The Labute approximate surface area is 143 Å². The zero-order valence-electron chi connectivity index (χ0n) is 13.1. The standard InChI is InChI=1S/C19H15N3O3/c23-17-11-4-2-7-14(17)12-20-22-19(25)18(24)21-16-10-5-8-13-6-1-3-9-15(13)16/h1-12,23H,(H,21,24)(H,22,25)/b20-12-. The van der Waals surface area contributed by atoms with Crippen molar-refractivity contribution in [1.29, 1.82) is 0 Å². The molecule has 2 amide bonds. The van der Waals surface area contributed by atoms with E-state index in [9.17, 15) is 14.7 Å². The zero-order chi connectivity index (χ0) is 17.6. The average Bonchev–Trinajstić information content (AvgIpc) is 2.63. The fourth-order valence-corrected chi connectivity index (χ4v) is 2.32. The molecule has 0 heterocycles. The number of rotatable bonds is 3. The Kier molecular flexibility index (Phi) is 4.71. The minimum Gasteiger partial charge on any atom is -0.507 e. The van der Waals surface area contributed by atoms with Gasteiger partial charge in [-0.3, -0.25) is 9.59 Å². The van der Waals surface area contributed by atoms with Crippen molar-refractivity contribution in [3.8, 4) is 5.75 Å². The molecule has 0 atom stereocenters. The number of phenols is 1. The van der Waals surface area contributed by atoms with E-state index in [0.717, 1.165) is 10.8 Å². The average molecular weight is 333 g/mol. The molecule has 0 aliphatic carbocycles. The van der Waals surface area contributed by atoms with Gasteiger partial charge in [0.25, 0.3) is 0 Å². The normalized spacial score (nSPS) is 10.7. The van der Waals surface area contributed by atoms with Crippen LogP contribution in [0.5, 0.6) is 5.75 Å². The summed E-state index contributed by atoms with van der Waals surface area (Å²) in [6.07, 6.45) is 1.26. The van der Waals surface area contributed by atoms with E-state index < -0.39 is 11.8 Å². The van der Waals surface area contributed by atoms with E-state index in [2.05, 4.69) is 15.8 Å². The molecule has 3 rings (SSSR count). The van der Waals surface area contributed by atoms with E-state index in [1.165, 1.54) is 12.3 Å². The molecule has 6 heteroatoms. The van der Waals surface area contributed by atoms with Crippen molar-refractivity contribution in [3.63, 3.8) is 0 Å². The number of hydrogen-bond acceptors (Lipinski definition) is 4. The number of amides is 2. The Morgan fingerprint density at radius 2 is 1.60 bits per heavy atom. The van der Waals surface area contributed by atoms with Gasteiger partial charge in [-0.15, -0.1) is 0 Å². The monoisotopic (exact) mass is 333 g/mol. The van der Waals surface area contributed by atoms with Crippen LogP contribution in [0, 0.1) is 0 Å². The first-order valence-electron chi connectivity index (χ1n) is 7.55. The first kappa shape index (κ1) is 16.2. The van der Waals surface area contributed by atoms with E-state index in [1.54, 1.807) is 30.3 Å². The molecule has 3 aromatic carbocycles. The maximum atomic E-state index is 12.0. The van der Waals surface area contributed by atoms with Crippen molar-refractivity contribution in [3.05, 3.63) is 72.3 Å². The van der Waals surface area contributed by atoms with Crippen LogP contribution < -0.4 is 10.7 Å². The number of benzene rings is 3. The molecule has 0 saturated carbocycles. The number of aromatic hydroxyl groups is 1. The summed E-state index contributed by atoms with van der Waals surface area (Å²) in [5, 5.41) is 17.6. The highest BCUT2D eigenvalue weighted by molar-refractivity contribution is 6.40. The van der Waals surface area contributed by atoms with E-state index in [4.69, 9.17) is 0 Å². The molecule has 0 radical (unpaired) electrons. The van der Waals surface area contributed by atoms with Crippen molar-refractivity contribution in [2.45, 2.75) is 0 Å². The second-order valence-corrected chi connectivity index (χ2v) is 5.24. The van der Waals surface area contributed by atoms with Crippen molar-refractivity contribution in [2.24, 2.45) is 5.10 Å². The van der Waals surface area contributed by atoms with Crippen molar-refractivity contribution >= 4 is 34.5 Å². The SMILES string of the molecule is O=C(N/N=C\c1ccccc1O)C(=O)Nc1cccc2ccccc12. The van der Waals surface area contributed by atoms with Gasteiger partial charge in [0.05, 0.1) is 6.21 Å². The number of carbonyl (C=O) groups is 2. The predicted octanol–water partition coefficient (Wildman–Crippen LogP) is 2.63. The molecule has 0 aliphatic heterocycles. The van der Waals surface area contributed by atoms with Crippen molar-refractivity contribution < 1.29 is 14.7 Å². The van der Waals surface area contributed by atoms with Gasteiger partial charge in [-0.05, 0) is 23.6 Å². The Hall–Kier alpha value is -3.67. The molecule has 6 nitrogen and oxygen atoms in total. The van der Waals surface area contributed by atoms with E-state index in [1.807, 2.05) is 30.3 Å². The molecule has 0 fully saturated rings. The number of para-hydroxylation sites is 1. The van der Waals surface area contributed by atoms with Gasteiger partial charge in [0.15, 0.2) is 0 Å². The smallest absolute Gasteiger partial charge is 0.329 e. The molecule has 0 spiro atoms. The third-order valence-corrected chi connectivity index (χ3v) is 3.55.